The van der Waals surface area contributed by atoms with Gasteiger partial charge in [-0.25, -0.2) is 9.97 Å². The van der Waals surface area contributed by atoms with E-state index in [2.05, 4.69) is 9.97 Å². The molecule has 0 saturated carbocycles. The fourth-order valence-electron chi connectivity index (χ4n) is 3.01. The van der Waals surface area contributed by atoms with Crippen molar-refractivity contribution >= 4 is 23.3 Å². The molecule has 0 spiro atoms. The maximum atomic E-state index is 11.7. The third-order valence-corrected chi connectivity index (χ3v) is 4.35. The number of hydrogen-bond donors (Lipinski definition) is 1. The van der Waals surface area contributed by atoms with Gasteiger partial charge >= 0.3 is 11.7 Å². The molecule has 1 aromatic rings. The zero-order chi connectivity index (χ0) is 18.4. The van der Waals surface area contributed by atoms with E-state index in [0.29, 0.717) is 32.5 Å². The number of carbonyl (C=O) groups is 1. The number of aliphatic hydroxyl groups is 1. The molecule has 25 heavy (non-hydrogen) atoms. The van der Waals surface area contributed by atoms with Gasteiger partial charge < -0.3 is 19.6 Å². The van der Waals surface area contributed by atoms with E-state index in [4.69, 9.17) is 4.74 Å². The largest absolute Gasteiger partial charge is 0.469 e. The molecule has 1 N–H and O–H groups in total. The maximum Gasteiger partial charge on any atom is 0.353 e. The first kappa shape index (κ1) is 18.8. The fourth-order valence-corrected chi connectivity index (χ4v) is 3.01. The van der Waals surface area contributed by atoms with Crippen LogP contribution in [-0.4, -0.2) is 65.9 Å². The number of aromatic nitrogens is 2. The van der Waals surface area contributed by atoms with Gasteiger partial charge in [-0.1, -0.05) is 0 Å². The zero-order valence-electron chi connectivity index (χ0n) is 14.4. The molecule has 0 aliphatic carbocycles. The Morgan fingerprint density at radius 1 is 1.48 bits per heavy atom. The van der Waals surface area contributed by atoms with Crippen LogP contribution in [0.5, 0.6) is 0 Å². The van der Waals surface area contributed by atoms with Crippen molar-refractivity contribution in [3.05, 3.63) is 16.4 Å². The van der Waals surface area contributed by atoms with Gasteiger partial charge in [0.1, 0.15) is 6.33 Å². The summed E-state index contributed by atoms with van der Waals surface area (Å²) in [7, 11) is 1.36. The van der Waals surface area contributed by atoms with Gasteiger partial charge in [-0.05, 0) is 19.8 Å². The summed E-state index contributed by atoms with van der Waals surface area (Å²) >= 11 is 0. The number of esters is 1. The molecule has 1 aliphatic heterocycles. The van der Waals surface area contributed by atoms with E-state index < -0.39 is 4.92 Å². The first-order valence-electron chi connectivity index (χ1n) is 8.21. The van der Waals surface area contributed by atoms with E-state index in [1.807, 2.05) is 6.92 Å². The summed E-state index contributed by atoms with van der Waals surface area (Å²) in [6.45, 7) is 3.38. The number of ether oxygens (including phenoxy) is 1. The molecule has 0 aromatic carbocycles. The second-order valence-corrected chi connectivity index (χ2v) is 5.71. The fraction of sp³-hybridized carbons (Fsp3) is 0.667. The molecule has 10 heteroatoms. The van der Waals surface area contributed by atoms with Crippen LogP contribution >= 0.6 is 0 Å². The lowest BCUT2D eigenvalue weighted by Gasteiger charge is -2.31. The Labute approximate surface area is 145 Å². The Morgan fingerprint density at radius 2 is 2.16 bits per heavy atom. The highest BCUT2D eigenvalue weighted by Crippen LogP contribution is 2.35. The predicted molar refractivity (Wildman–Crippen MR) is 90.6 cm³/mol. The monoisotopic (exact) mass is 353 g/mol. The standard InChI is InChI=1S/C15H23N5O5/c1-3-18(8-9-21)13-12(20(23)24)14(17-10-16-13)19-6-4-11(5-7-19)15(22)25-2/h10-11,21H,3-9H2,1-2H3. The average Bonchev–Trinajstić information content (AvgIpc) is 2.64. The predicted octanol–water partition coefficient (Wildman–Crippen LogP) is 0.593. The van der Waals surface area contributed by atoms with Gasteiger partial charge in [-0.15, -0.1) is 0 Å². The molecule has 0 amide bonds. The van der Waals surface area contributed by atoms with Crippen LogP contribution in [0.4, 0.5) is 17.3 Å². The van der Waals surface area contributed by atoms with Crippen molar-refractivity contribution in [3.8, 4) is 0 Å². The zero-order valence-corrected chi connectivity index (χ0v) is 14.4. The number of methoxy groups -OCH3 is 1. The number of anilines is 2. The van der Waals surface area contributed by atoms with Crippen LogP contribution in [-0.2, 0) is 9.53 Å². The Balaban J connectivity index is 2.29. The Kier molecular flexibility index (Phi) is 6.45. The molecule has 0 bridgehead atoms. The highest BCUT2D eigenvalue weighted by Gasteiger charge is 2.33. The van der Waals surface area contributed by atoms with Crippen molar-refractivity contribution in [3.63, 3.8) is 0 Å². The molecule has 2 heterocycles. The Hall–Kier alpha value is -2.49. The minimum atomic E-state index is -0.489. The Morgan fingerprint density at radius 3 is 2.68 bits per heavy atom. The topological polar surface area (TPSA) is 122 Å². The molecular formula is C15H23N5O5. The third-order valence-electron chi connectivity index (χ3n) is 4.35. The first-order chi connectivity index (χ1) is 12.0. The van der Waals surface area contributed by atoms with Crippen LogP contribution in [0.15, 0.2) is 6.33 Å². The minimum absolute atomic E-state index is 0.130. The van der Waals surface area contributed by atoms with Gasteiger partial charge in [-0.3, -0.25) is 14.9 Å². The first-order valence-corrected chi connectivity index (χ1v) is 8.21. The van der Waals surface area contributed by atoms with E-state index in [-0.39, 0.29) is 42.4 Å². The lowest BCUT2D eigenvalue weighted by molar-refractivity contribution is -0.383. The number of nitro groups is 1. The van der Waals surface area contributed by atoms with Gasteiger partial charge in [0.25, 0.3) is 0 Å². The van der Waals surface area contributed by atoms with E-state index in [1.165, 1.54) is 13.4 Å². The van der Waals surface area contributed by atoms with Crippen molar-refractivity contribution < 1.29 is 19.6 Å². The molecule has 1 saturated heterocycles. The van der Waals surface area contributed by atoms with Gasteiger partial charge in [-0.2, -0.15) is 0 Å². The molecule has 0 radical (unpaired) electrons. The summed E-state index contributed by atoms with van der Waals surface area (Å²) < 4.78 is 4.76. The molecule has 1 fully saturated rings. The normalized spacial score (nSPS) is 15.1. The lowest BCUT2D eigenvalue weighted by Crippen LogP contribution is -2.38. The molecule has 138 valence electrons. The van der Waals surface area contributed by atoms with Gasteiger partial charge in [0.2, 0.25) is 11.6 Å². The molecule has 1 aliphatic rings. The van der Waals surface area contributed by atoms with Crippen molar-refractivity contribution in [1.29, 1.82) is 0 Å². The lowest BCUT2D eigenvalue weighted by atomic mass is 9.97. The number of nitrogens with zero attached hydrogens (tertiary/aromatic N) is 5. The van der Waals surface area contributed by atoms with Crippen molar-refractivity contribution in [2.24, 2.45) is 5.92 Å². The SMILES string of the molecule is CCN(CCO)c1ncnc(N2CCC(C(=O)OC)CC2)c1[N+](=O)[O-]. The molecule has 2 rings (SSSR count). The maximum absolute atomic E-state index is 11.7. The Bertz CT molecular complexity index is 618. The second-order valence-electron chi connectivity index (χ2n) is 5.71. The molecule has 10 nitrogen and oxygen atoms in total. The number of aliphatic hydroxyl groups excluding tert-OH is 1. The van der Waals surface area contributed by atoms with Crippen molar-refractivity contribution in [1.82, 2.24) is 9.97 Å². The smallest absolute Gasteiger partial charge is 0.353 e. The third kappa shape index (κ3) is 4.13. The van der Waals surface area contributed by atoms with Crippen LogP contribution in [0, 0.1) is 16.0 Å². The summed E-state index contributed by atoms with van der Waals surface area (Å²) in [4.78, 5) is 34.4. The average molecular weight is 353 g/mol. The summed E-state index contributed by atoms with van der Waals surface area (Å²) in [6, 6.07) is 0. The molecular weight excluding hydrogens is 330 g/mol. The quantitative estimate of drug-likeness (QED) is 0.426. The number of hydrogen-bond acceptors (Lipinski definition) is 9. The van der Waals surface area contributed by atoms with Crippen molar-refractivity contribution in [2.75, 3.05) is 49.7 Å². The van der Waals surface area contributed by atoms with Crippen LogP contribution in [0.2, 0.25) is 0 Å². The van der Waals surface area contributed by atoms with Crippen LogP contribution in [0.3, 0.4) is 0 Å². The van der Waals surface area contributed by atoms with Crippen LogP contribution < -0.4 is 9.80 Å². The summed E-state index contributed by atoms with van der Waals surface area (Å²) in [5, 5.41) is 20.8. The number of piperidine rings is 1. The highest BCUT2D eigenvalue weighted by molar-refractivity contribution is 5.74. The highest BCUT2D eigenvalue weighted by atomic mass is 16.6. The van der Waals surface area contributed by atoms with E-state index in [9.17, 15) is 20.0 Å². The molecule has 0 atom stereocenters. The van der Waals surface area contributed by atoms with E-state index >= 15 is 0 Å². The van der Waals surface area contributed by atoms with E-state index in [0.717, 1.165) is 0 Å². The van der Waals surface area contributed by atoms with Gasteiger partial charge in [0.15, 0.2) is 0 Å². The van der Waals surface area contributed by atoms with Gasteiger partial charge in [0, 0.05) is 26.2 Å². The van der Waals surface area contributed by atoms with Crippen LogP contribution in [0.25, 0.3) is 0 Å². The number of carbonyl (C=O) groups excluding carboxylic acids is 1. The number of rotatable bonds is 7. The number of likely N-dealkylation sites (N-methyl/N-ethyl adjacent to an activating group) is 1. The summed E-state index contributed by atoms with van der Waals surface area (Å²) in [5.74, 6) is -0.00267. The van der Waals surface area contributed by atoms with Crippen LogP contribution in [0.1, 0.15) is 19.8 Å². The van der Waals surface area contributed by atoms with Crippen molar-refractivity contribution in [2.45, 2.75) is 19.8 Å². The second kappa shape index (κ2) is 8.56. The van der Waals surface area contributed by atoms with E-state index in [1.54, 1.807) is 9.80 Å². The van der Waals surface area contributed by atoms with Gasteiger partial charge in [0.05, 0.1) is 24.6 Å². The summed E-state index contributed by atoms with van der Waals surface area (Å²) in [6.07, 6.45) is 2.40. The molecule has 0 unspecified atom stereocenters. The summed E-state index contributed by atoms with van der Waals surface area (Å²) in [5.41, 5.74) is -0.172. The molecule has 1 aromatic heterocycles. The minimum Gasteiger partial charge on any atom is -0.469 e.